The summed E-state index contributed by atoms with van der Waals surface area (Å²) in [6.07, 6.45) is 0.793. The Balaban J connectivity index is 2.22. The number of hydrogen-bond acceptors (Lipinski definition) is 3. The van der Waals surface area contributed by atoms with Gasteiger partial charge in [-0.2, -0.15) is 0 Å². The first-order valence-electron chi connectivity index (χ1n) is 6.54. The van der Waals surface area contributed by atoms with Crippen LogP contribution in [-0.2, 0) is 0 Å². The molecule has 1 aromatic rings. The lowest BCUT2D eigenvalue weighted by molar-refractivity contribution is 0.140. The summed E-state index contributed by atoms with van der Waals surface area (Å²) in [7, 11) is 0. The van der Waals surface area contributed by atoms with Crippen molar-refractivity contribution in [2.24, 2.45) is 0 Å². The smallest absolute Gasteiger partial charge is 0.0449 e. The summed E-state index contributed by atoms with van der Waals surface area (Å²) in [6, 6.07) is 6.79. The van der Waals surface area contributed by atoms with Gasteiger partial charge in [0.25, 0.3) is 0 Å². The molecule has 1 aliphatic rings. The Kier molecular flexibility index (Phi) is 5.18. The first kappa shape index (κ1) is 14.0. The molecular weight excluding hydrogens is 292 g/mol. The van der Waals surface area contributed by atoms with Gasteiger partial charge in [-0.1, -0.05) is 28.1 Å². The highest BCUT2D eigenvalue weighted by Crippen LogP contribution is 2.31. The van der Waals surface area contributed by atoms with Crippen molar-refractivity contribution < 1.29 is 5.11 Å². The zero-order valence-electron chi connectivity index (χ0n) is 10.8. The monoisotopic (exact) mass is 312 g/mol. The summed E-state index contributed by atoms with van der Waals surface area (Å²) in [5.41, 5.74) is 2.55. The molecule has 100 valence electrons. The first-order chi connectivity index (χ1) is 8.72. The molecule has 2 rings (SSSR count). The Bertz CT molecular complexity index is 391. The molecule has 0 radical (unpaired) electrons. The van der Waals surface area contributed by atoms with E-state index in [1.165, 1.54) is 11.1 Å². The fourth-order valence-electron chi connectivity index (χ4n) is 2.55. The quantitative estimate of drug-likeness (QED) is 0.893. The molecule has 0 amide bonds. The normalized spacial score (nSPS) is 18.8. The molecule has 1 saturated heterocycles. The van der Waals surface area contributed by atoms with Crippen LogP contribution in [0.25, 0.3) is 0 Å². The van der Waals surface area contributed by atoms with Gasteiger partial charge in [-0.15, -0.1) is 0 Å². The predicted octanol–water partition coefficient (Wildman–Crippen LogP) is 2.09. The van der Waals surface area contributed by atoms with Crippen molar-refractivity contribution in [2.45, 2.75) is 19.4 Å². The van der Waals surface area contributed by atoms with Gasteiger partial charge in [-0.3, -0.25) is 4.90 Å². The SMILES string of the molecule is Cc1ccc([C@H](CCO)N2CCNCC2)c(Br)c1. The summed E-state index contributed by atoms with van der Waals surface area (Å²) in [5, 5.41) is 12.7. The van der Waals surface area contributed by atoms with Gasteiger partial charge in [-0.05, 0) is 30.5 Å². The van der Waals surface area contributed by atoms with Gasteiger partial charge in [0.2, 0.25) is 0 Å². The molecule has 0 saturated carbocycles. The number of nitrogens with one attached hydrogen (secondary N) is 1. The van der Waals surface area contributed by atoms with Crippen LogP contribution in [0, 0.1) is 6.92 Å². The number of piperazine rings is 1. The van der Waals surface area contributed by atoms with Crippen LogP contribution in [0.15, 0.2) is 22.7 Å². The lowest BCUT2D eigenvalue weighted by Crippen LogP contribution is -2.45. The van der Waals surface area contributed by atoms with E-state index in [9.17, 15) is 5.11 Å². The van der Waals surface area contributed by atoms with Gasteiger partial charge in [-0.25, -0.2) is 0 Å². The van der Waals surface area contributed by atoms with Gasteiger partial charge >= 0.3 is 0 Å². The van der Waals surface area contributed by atoms with Crippen molar-refractivity contribution in [3.63, 3.8) is 0 Å². The van der Waals surface area contributed by atoms with Crippen LogP contribution in [0.5, 0.6) is 0 Å². The van der Waals surface area contributed by atoms with Crippen molar-refractivity contribution in [1.29, 1.82) is 0 Å². The summed E-state index contributed by atoms with van der Waals surface area (Å²) >= 11 is 3.66. The Hall–Kier alpha value is -0.420. The summed E-state index contributed by atoms with van der Waals surface area (Å²) in [4.78, 5) is 2.46. The van der Waals surface area contributed by atoms with Crippen LogP contribution in [0.3, 0.4) is 0 Å². The number of aliphatic hydroxyl groups is 1. The van der Waals surface area contributed by atoms with E-state index >= 15 is 0 Å². The topological polar surface area (TPSA) is 35.5 Å². The second kappa shape index (κ2) is 6.66. The molecule has 0 aromatic heterocycles. The highest BCUT2D eigenvalue weighted by molar-refractivity contribution is 9.10. The zero-order valence-corrected chi connectivity index (χ0v) is 12.4. The lowest BCUT2D eigenvalue weighted by atomic mass is 10.0. The molecule has 1 fully saturated rings. The Labute approximate surface area is 117 Å². The molecular formula is C14H21BrN2O. The standard InChI is InChI=1S/C14H21BrN2O/c1-11-2-3-12(13(15)10-11)14(4-9-18)17-7-5-16-6-8-17/h2-3,10,14,16,18H,4-9H2,1H3/t14-/m0/s1. The Morgan fingerprint density at radius 2 is 2.11 bits per heavy atom. The van der Waals surface area contributed by atoms with E-state index in [4.69, 9.17) is 0 Å². The highest BCUT2D eigenvalue weighted by atomic mass is 79.9. The van der Waals surface area contributed by atoms with Crippen LogP contribution in [0.1, 0.15) is 23.6 Å². The molecule has 1 aromatic carbocycles. The van der Waals surface area contributed by atoms with Crippen molar-refractivity contribution in [1.82, 2.24) is 10.2 Å². The molecule has 0 spiro atoms. The predicted molar refractivity (Wildman–Crippen MR) is 77.8 cm³/mol. The lowest BCUT2D eigenvalue weighted by Gasteiger charge is -2.35. The molecule has 1 aliphatic heterocycles. The van der Waals surface area contributed by atoms with E-state index in [1.54, 1.807) is 0 Å². The molecule has 2 N–H and O–H groups in total. The number of benzene rings is 1. The Morgan fingerprint density at radius 3 is 2.72 bits per heavy atom. The fraction of sp³-hybridized carbons (Fsp3) is 0.571. The molecule has 0 unspecified atom stereocenters. The third kappa shape index (κ3) is 3.32. The van der Waals surface area contributed by atoms with Crippen LogP contribution in [0.2, 0.25) is 0 Å². The van der Waals surface area contributed by atoms with E-state index in [1.807, 2.05) is 0 Å². The summed E-state index contributed by atoms with van der Waals surface area (Å²) in [6.45, 7) is 6.49. The maximum Gasteiger partial charge on any atom is 0.0449 e. The van der Waals surface area contributed by atoms with Crippen LogP contribution < -0.4 is 5.32 Å². The van der Waals surface area contributed by atoms with Gasteiger partial charge in [0.05, 0.1) is 0 Å². The third-order valence-electron chi connectivity index (χ3n) is 3.51. The molecule has 0 aliphatic carbocycles. The highest BCUT2D eigenvalue weighted by Gasteiger charge is 2.23. The van der Waals surface area contributed by atoms with Crippen molar-refractivity contribution in [3.05, 3.63) is 33.8 Å². The van der Waals surface area contributed by atoms with Gasteiger partial charge in [0.1, 0.15) is 0 Å². The first-order valence-corrected chi connectivity index (χ1v) is 7.33. The number of aryl methyl sites for hydroxylation is 1. The van der Waals surface area contributed by atoms with Crippen LogP contribution in [-0.4, -0.2) is 42.8 Å². The van der Waals surface area contributed by atoms with Gasteiger partial charge in [0.15, 0.2) is 0 Å². The molecule has 4 heteroatoms. The number of hydrogen-bond donors (Lipinski definition) is 2. The fourth-order valence-corrected chi connectivity index (χ4v) is 3.31. The molecule has 18 heavy (non-hydrogen) atoms. The van der Waals surface area contributed by atoms with Gasteiger partial charge in [0, 0.05) is 43.3 Å². The summed E-state index contributed by atoms with van der Waals surface area (Å²) in [5.74, 6) is 0. The molecule has 1 heterocycles. The van der Waals surface area contributed by atoms with E-state index < -0.39 is 0 Å². The van der Waals surface area contributed by atoms with Crippen molar-refractivity contribution in [3.8, 4) is 0 Å². The van der Waals surface area contributed by atoms with Crippen molar-refractivity contribution >= 4 is 15.9 Å². The number of halogens is 1. The minimum absolute atomic E-state index is 0.231. The second-order valence-corrected chi connectivity index (χ2v) is 5.69. The average molecular weight is 313 g/mol. The van der Waals surface area contributed by atoms with Gasteiger partial charge < -0.3 is 10.4 Å². The third-order valence-corrected chi connectivity index (χ3v) is 4.20. The van der Waals surface area contributed by atoms with Crippen LogP contribution in [0.4, 0.5) is 0 Å². The number of rotatable bonds is 4. The molecule has 1 atom stereocenters. The second-order valence-electron chi connectivity index (χ2n) is 4.84. The average Bonchev–Trinajstić information content (AvgIpc) is 2.38. The summed E-state index contributed by atoms with van der Waals surface area (Å²) < 4.78 is 1.15. The van der Waals surface area contributed by atoms with E-state index in [-0.39, 0.29) is 6.61 Å². The Morgan fingerprint density at radius 1 is 1.39 bits per heavy atom. The van der Waals surface area contributed by atoms with Crippen molar-refractivity contribution in [2.75, 3.05) is 32.8 Å². The minimum Gasteiger partial charge on any atom is -0.396 e. The van der Waals surface area contributed by atoms with E-state index in [0.29, 0.717) is 6.04 Å². The maximum atomic E-state index is 9.32. The number of aliphatic hydroxyl groups excluding tert-OH is 1. The minimum atomic E-state index is 0.231. The molecule has 3 nitrogen and oxygen atoms in total. The van der Waals surface area contributed by atoms with Crippen LogP contribution >= 0.6 is 15.9 Å². The largest absolute Gasteiger partial charge is 0.396 e. The maximum absolute atomic E-state index is 9.32. The van der Waals surface area contributed by atoms with E-state index in [2.05, 4.69) is 51.3 Å². The molecule has 0 bridgehead atoms. The number of nitrogens with zero attached hydrogens (tertiary/aromatic N) is 1. The zero-order chi connectivity index (χ0) is 13.0. The van der Waals surface area contributed by atoms with E-state index in [0.717, 1.165) is 37.1 Å².